The van der Waals surface area contributed by atoms with Crippen molar-refractivity contribution >= 4 is 5.97 Å². The molecule has 0 saturated heterocycles. The molecule has 0 amide bonds. The molecule has 1 rings (SSSR count). The molecule has 12 heavy (non-hydrogen) atoms. The van der Waals surface area contributed by atoms with Crippen LogP contribution >= 0.6 is 0 Å². The van der Waals surface area contributed by atoms with Gasteiger partial charge in [0.15, 0.2) is 0 Å². The molecule has 0 radical (unpaired) electrons. The van der Waals surface area contributed by atoms with Crippen molar-refractivity contribution in [2.75, 3.05) is 0 Å². The number of hydrogen-bond acceptors (Lipinski definition) is 1. The topological polar surface area (TPSA) is 37.3 Å². The number of aliphatic carboxylic acids is 1. The summed E-state index contributed by atoms with van der Waals surface area (Å²) in [7, 11) is 0. The van der Waals surface area contributed by atoms with Crippen molar-refractivity contribution in [1.82, 2.24) is 0 Å². The van der Waals surface area contributed by atoms with Crippen LogP contribution in [0.1, 0.15) is 32.6 Å². The second-order valence-corrected chi connectivity index (χ2v) is 3.81. The van der Waals surface area contributed by atoms with E-state index in [1.807, 2.05) is 6.92 Å². The van der Waals surface area contributed by atoms with E-state index in [1.165, 1.54) is 0 Å². The van der Waals surface area contributed by atoms with Crippen LogP contribution in [0.2, 0.25) is 0 Å². The van der Waals surface area contributed by atoms with Gasteiger partial charge < -0.3 is 5.11 Å². The SMILES string of the molecule is C=CC1CCCCC1(C)C(=O)O. The van der Waals surface area contributed by atoms with Gasteiger partial charge in [-0.25, -0.2) is 0 Å². The molecule has 1 N–H and O–H groups in total. The van der Waals surface area contributed by atoms with Gasteiger partial charge in [0.25, 0.3) is 0 Å². The highest BCUT2D eigenvalue weighted by Crippen LogP contribution is 2.41. The van der Waals surface area contributed by atoms with Crippen LogP contribution in [0.3, 0.4) is 0 Å². The minimum absolute atomic E-state index is 0.156. The third kappa shape index (κ3) is 1.38. The zero-order valence-electron chi connectivity index (χ0n) is 7.55. The lowest BCUT2D eigenvalue weighted by atomic mass is 9.67. The Balaban J connectivity index is 2.82. The van der Waals surface area contributed by atoms with Gasteiger partial charge in [-0.2, -0.15) is 0 Å². The van der Waals surface area contributed by atoms with Gasteiger partial charge in [0.05, 0.1) is 5.41 Å². The summed E-state index contributed by atoms with van der Waals surface area (Å²) >= 11 is 0. The van der Waals surface area contributed by atoms with Crippen molar-refractivity contribution in [3.63, 3.8) is 0 Å². The summed E-state index contributed by atoms with van der Waals surface area (Å²) in [6.45, 7) is 5.53. The zero-order valence-corrected chi connectivity index (χ0v) is 7.55. The zero-order chi connectivity index (χ0) is 9.19. The van der Waals surface area contributed by atoms with Gasteiger partial charge in [0, 0.05) is 0 Å². The normalized spacial score (nSPS) is 35.9. The first-order valence-corrected chi connectivity index (χ1v) is 4.47. The molecule has 0 spiro atoms. The van der Waals surface area contributed by atoms with Crippen molar-refractivity contribution in [2.24, 2.45) is 11.3 Å². The predicted molar refractivity (Wildman–Crippen MR) is 47.9 cm³/mol. The third-order valence-electron chi connectivity index (χ3n) is 3.05. The molecule has 2 atom stereocenters. The minimum atomic E-state index is -0.674. The second kappa shape index (κ2) is 3.30. The van der Waals surface area contributed by atoms with E-state index in [0.29, 0.717) is 0 Å². The Morgan fingerprint density at radius 1 is 1.67 bits per heavy atom. The number of rotatable bonds is 2. The molecule has 1 aliphatic rings. The highest BCUT2D eigenvalue weighted by molar-refractivity contribution is 5.75. The van der Waals surface area contributed by atoms with E-state index in [-0.39, 0.29) is 5.92 Å². The molecule has 0 bridgehead atoms. The molecule has 2 heteroatoms. The van der Waals surface area contributed by atoms with Gasteiger partial charge in [0.2, 0.25) is 0 Å². The Kier molecular flexibility index (Phi) is 2.55. The maximum Gasteiger partial charge on any atom is 0.309 e. The molecule has 1 fully saturated rings. The van der Waals surface area contributed by atoms with Crippen LogP contribution in [0.4, 0.5) is 0 Å². The maximum absolute atomic E-state index is 11.0. The summed E-state index contributed by atoms with van der Waals surface area (Å²) in [5, 5.41) is 9.05. The van der Waals surface area contributed by atoms with E-state index in [2.05, 4.69) is 6.58 Å². The molecule has 1 saturated carbocycles. The molecule has 1 aliphatic carbocycles. The van der Waals surface area contributed by atoms with Crippen LogP contribution < -0.4 is 0 Å². The summed E-state index contributed by atoms with van der Waals surface area (Å²) in [4.78, 5) is 11.0. The molecule has 0 aromatic heterocycles. The van der Waals surface area contributed by atoms with E-state index in [4.69, 9.17) is 5.11 Å². The van der Waals surface area contributed by atoms with Crippen LogP contribution in [-0.4, -0.2) is 11.1 Å². The molecule has 2 nitrogen and oxygen atoms in total. The summed E-state index contributed by atoms with van der Waals surface area (Å²) in [6.07, 6.45) is 5.74. The highest BCUT2D eigenvalue weighted by Gasteiger charge is 2.41. The van der Waals surface area contributed by atoms with Gasteiger partial charge in [-0.1, -0.05) is 18.9 Å². The van der Waals surface area contributed by atoms with E-state index in [9.17, 15) is 4.79 Å². The van der Waals surface area contributed by atoms with Crippen LogP contribution in [0.25, 0.3) is 0 Å². The molecular formula is C10H16O2. The second-order valence-electron chi connectivity index (χ2n) is 3.81. The van der Waals surface area contributed by atoms with Crippen molar-refractivity contribution in [2.45, 2.75) is 32.6 Å². The number of carboxylic acid groups (broad SMARTS) is 1. The van der Waals surface area contributed by atoms with Crippen molar-refractivity contribution in [3.05, 3.63) is 12.7 Å². The fourth-order valence-electron chi connectivity index (χ4n) is 2.00. The molecule has 0 heterocycles. The lowest BCUT2D eigenvalue weighted by molar-refractivity contribution is -0.152. The summed E-state index contributed by atoms with van der Waals surface area (Å²) in [5.74, 6) is -0.518. The lowest BCUT2D eigenvalue weighted by Gasteiger charge is -2.36. The van der Waals surface area contributed by atoms with E-state index in [0.717, 1.165) is 25.7 Å². The Hall–Kier alpha value is -0.790. The number of allylic oxidation sites excluding steroid dienone is 1. The van der Waals surface area contributed by atoms with Crippen molar-refractivity contribution in [3.8, 4) is 0 Å². The average molecular weight is 168 g/mol. The first-order valence-electron chi connectivity index (χ1n) is 4.47. The predicted octanol–water partition coefficient (Wildman–Crippen LogP) is 2.45. The number of carboxylic acids is 1. The standard InChI is InChI=1S/C10H16O2/c1-3-8-6-4-5-7-10(8,2)9(11)12/h3,8H,1,4-7H2,2H3,(H,11,12). The van der Waals surface area contributed by atoms with Gasteiger partial charge >= 0.3 is 5.97 Å². The summed E-state index contributed by atoms with van der Waals surface area (Å²) < 4.78 is 0. The number of hydrogen-bond donors (Lipinski definition) is 1. The van der Waals surface area contributed by atoms with Gasteiger partial charge in [-0.3, -0.25) is 4.79 Å². The molecule has 68 valence electrons. The average Bonchev–Trinajstić information content (AvgIpc) is 2.05. The summed E-state index contributed by atoms with van der Waals surface area (Å²) in [6, 6.07) is 0. The largest absolute Gasteiger partial charge is 0.481 e. The Morgan fingerprint density at radius 3 is 2.75 bits per heavy atom. The van der Waals surface area contributed by atoms with Crippen molar-refractivity contribution < 1.29 is 9.90 Å². The molecule has 0 aliphatic heterocycles. The third-order valence-corrected chi connectivity index (χ3v) is 3.05. The summed E-state index contributed by atoms with van der Waals surface area (Å²) in [5.41, 5.74) is -0.556. The quantitative estimate of drug-likeness (QED) is 0.643. The Morgan fingerprint density at radius 2 is 2.33 bits per heavy atom. The Labute approximate surface area is 73.3 Å². The minimum Gasteiger partial charge on any atom is -0.481 e. The van der Waals surface area contributed by atoms with Crippen LogP contribution in [0, 0.1) is 11.3 Å². The fraction of sp³-hybridized carbons (Fsp3) is 0.700. The first kappa shape index (κ1) is 9.30. The maximum atomic E-state index is 11.0. The monoisotopic (exact) mass is 168 g/mol. The van der Waals surface area contributed by atoms with Crippen LogP contribution in [0.15, 0.2) is 12.7 Å². The fourth-order valence-corrected chi connectivity index (χ4v) is 2.00. The van der Waals surface area contributed by atoms with Gasteiger partial charge in [0.1, 0.15) is 0 Å². The van der Waals surface area contributed by atoms with E-state index in [1.54, 1.807) is 6.08 Å². The molecule has 0 aromatic carbocycles. The van der Waals surface area contributed by atoms with E-state index >= 15 is 0 Å². The molecule has 0 aromatic rings. The van der Waals surface area contributed by atoms with Gasteiger partial charge in [-0.05, 0) is 25.7 Å². The lowest BCUT2D eigenvalue weighted by Crippen LogP contribution is -2.37. The molecular weight excluding hydrogens is 152 g/mol. The highest BCUT2D eigenvalue weighted by atomic mass is 16.4. The number of carbonyl (C=O) groups is 1. The van der Waals surface area contributed by atoms with Crippen LogP contribution in [0.5, 0.6) is 0 Å². The van der Waals surface area contributed by atoms with Gasteiger partial charge in [-0.15, -0.1) is 6.58 Å². The smallest absolute Gasteiger partial charge is 0.309 e. The molecule has 2 unspecified atom stereocenters. The van der Waals surface area contributed by atoms with Crippen LogP contribution in [-0.2, 0) is 4.79 Å². The Bertz CT molecular complexity index is 198. The van der Waals surface area contributed by atoms with Crippen molar-refractivity contribution in [1.29, 1.82) is 0 Å². The van der Waals surface area contributed by atoms with E-state index < -0.39 is 11.4 Å². The first-order chi connectivity index (χ1) is 5.61.